The highest BCUT2D eigenvalue weighted by Crippen LogP contribution is 2.30. The van der Waals surface area contributed by atoms with Gasteiger partial charge in [-0.05, 0) is 38.1 Å². The minimum Gasteiger partial charge on any atom is -0.462 e. The fourth-order valence-electron chi connectivity index (χ4n) is 2.09. The molecule has 5 heteroatoms. The molecule has 0 spiro atoms. The number of aromatic nitrogens is 2. The van der Waals surface area contributed by atoms with E-state index in [1.807, 2.05) is 31.3 Å². The Balaban J connectivity index is 2.01. The molecule has 1 aromatic carbocycles. The average Bonchev–Trinajstić information content (AvgIpc) is 3.04. The molecule has 0 radical (unpaired) electrons. The zero-order valence-electron chi connectivity index (χ0n) is 11.3. The van der Waals surface area contributed by atoms with Gasteiger partial charge in [0.25, 0.3) is 0 Å². The maximum atomic E-state index is 11.8. The third kappa shape index (κ3) is 2.20. The van der Waals surface area contributed by atoms with Crippen LogP contribution >= 0.6 is 11.3 Å². The topological polar surface area (TPSA) is 55.0 Å². The van der Waals surface area contributed by atoms with Crippen LogP contribution in [0.5, 0.6) is 0 Å². The summed E-state index contributed by atoms with van der Waals surface area (Å²) in [4.78, 5) is 20.0. The lowest BCUT2D eigenvalue weighted by Gasteiger charge is -1.98. The van der Waals surface area contributed by atoms with E-state index in [0.29, 0.717) is 11.5 Å². The molecular formula is C15H14N2O2S. The van der Waals surface area contributed by atoms with Crippen molar-refractivity contribution in [2.24, 2.45) is 0 Å². The van der Waals surface area contributed by atoms with Gasteiger partial charge in [0, 0.05) is 22.7 Å². The number of aromatic amines is 1. The van der Waals surface area contributed by atoms with Gasteiger partial charge in [-0.15, -0.1) is 11.3 Å². The third-order valence-corrected chi connectivity index (χ3v) is 4.24. The lowest BCUT2D eigenvalue weighted by atomic mass is 10.2. The van der Waals surface area contributed by atoms with Crippen molar-refractivity contribution >= 4 is 28.2 Å². The molecule has 102 valence electrons. The van der Waals surface area contributed by atoms with Crippen molar-refractivity contribution < 1.29 is 9.53 Å². The maximum Gasteiger partial charge on any atom is 0.350 e. The summed E-state index contributed by atoms with van der Waals surface area (Å²) in [5, 5.41) is 1.97. The van der Waals surface area contributed by atoms with E-state index < -0.39 is 0 Å². The van der Waals surface area contributed by atoms with Crippen LogP contribution in [0.3, 0.4) is 0 Å². The highest BCUT2D eigenvalue weighted by Gasteiger charge is 2.17. The van der Waals surface area contributed by atoms with E-state index in [9.17, 15) is 4.79 Å². The van der Waals surface area contributed by atoms with E-state index in [4.69, 9.17) is 4.74 Å². The van der Waals surface area contributed by atoms with Gasteiger partial charge < -0.3 is 9.72 Å². The molecule has 0 fully saturated rings. The molecule has 3 aromatic rings. The van der Waals surface area contributed by atoms with Crippen molar-refractivity contribution in [3.8, 4) is 10.6 Å². The number of hydrogen-bond donors (Lipinski definition) is 1. The molecule has 1 N–H and O–H groups in total. The molecule has 20 heavy (non-hydrogen) atoms. The Morgan fingerprint density at radius 2 is 2.25 bits per heavy atom. The van der Waals surface area contributed by atoms with Crippen LogP contribution in [-0.4, -0.2) is 22.5 Å². The quantitative estimate of drug-likeness (QED) is 0.745. The van der Waals surface area contributed by atoms with Gasteiger partial charge in [-0.2, -0.15) is 0 Å². The predicted octanol–water partition coefficient (Wildman–Crippen LogP) is 3.78. The Hall–Kier alpha value is -2.14. The first-order chi connectivity index (χ1) is 9.69. The van der Waals surface area contributed by atoms with Gasteiger partial charge in [0.05, 0.1) is 12.3 Å². The van der Waals surface area contributed by atoms with Crippen LogP contribution in [0.15, 0.2) is 30.5 Å². The summed E-state index contributed by atoms with van der Waals surface area (Å²) >= 11 is 1.38. The number of ether oxygens (including phenoxy) is 1. The minimum atomic E-state index is -0.295. The van der Waals surface area contributed by atoms with Crippen LogP contribution < -0.4 is 0 Å². The Morgan fingerprint density at radius 1 is 1.40 bits per heavy atom. The number of aryl methyl sites for hydroxylation is 1. The second kappa shape index (κ2) is 5.09. The number of rotatable bonds is 3. The molecule has 0 unspecified atom stereocenters. The molecular weight excluding hydrogens is 272 g/mol. The lowest BCUT2D eigenvalue weighted by molar-refractivity contribution is 0.0531. The number of nitrogens with one attached hydrogen (secondary N) is 1. The maximum absolute atomic E-state index is 11.8. The summed E-state index contributed by atoms with van der Waals surface area (Å²) in [6.45, 7) is 4.01. The van der Waals surface area contributed by atoms with Crippen molar-refractivity contribution in [1.82, 2.24) is 9.97 Å². The molecule has 0 aliphatic heterocycles. The van der Waals surface area contributed by atoms with Gasteiger partial charge in [0.15, 0.2) is 0 Å². The Bertz CT molecular complexity index is 773. The van der Waals surface area contributed by atoms with E-state index >= 15 is 0 Å². The summed E-state index contributed by atoms with van der Waals surface area (Å²) in [5.41, 5.74) is 2.83. The largest absolute Gasteiger partial charge is 0.462 e. The molecule has 0 amide bonds. The fraction of sp³-hybridized carbons (Fsp3) is 0.200. The second-order valence-corrected chi connectivity index (χ2v) is 5.43. The summed E-state index contributed by atoms with van der Waals surface area (Å²) < 4.78 is 5.04. The molecule has 0 saturated heterocycles. The first-order valence-electron chi connectivity index (χ1n) is 6.41. The van der Waals surface area contributed by atoms with Crippen molar-refractivity contribution in [3.63, 3.8) is 0 Å². The number of carbonyl (C=O) groups is 1. The van der Waals surface area contributed by atoms with E-state index in [1.54, 1.807) is 6.92 Å². The zero-order valence-corrected chi connectivity index (χ0v) is 12.1. The van der Waals surface area contributed by atoms with Gasteiger partial charge in [-0.25, -0.2) is 9.78 Å². The minimum absolute atomic E-state index is 0.295. The third-order valence-electron chi connectivity index (χ3n) is 3.06. The molecule has 0 saturated carbocycles. The summed E-state index contributed by atoms with van der Waals surface area (Å²) in [7, 11) is 0. The molecule has 0 bridgehead atoms. The van der Waals surface area contributed by atoms with E-state index in [0.717, 1.165) is 27.2 Å². The van der Waals surface area contributed by atoms with Crippen LogP contribution in [-0.2, 0) is 4.74 Å². The highest BCUT2D eigenvalue weighted by molar-refractivity contribution is 7.17. The number of nitrogens with zero attached hydrogens (tertiary/aromatic N) is 1. The molecule has 4 nitrogen and oxygen atoms in total. The van der Waals surface area contributed by atoms with Gasteiger partial charge in [0.2, 0.25) is 0 Å². The summed E-state index contributed by atoms with van der Waals surface area (Å²) in [5.74, 6) is -0.295. The Labute approximate surface area is 120 Å². The van der Waals surface area contributed by atoms with E-state index in [-0.39, 0.29) is 5.97 Å². The smallest absolute Gasteiger partial charge is 0.350 e. The van der Waals surface area contributed by atoms with Crippen molar-refractivity contribution in [2.45, 2.75) is 13.8 Å². The molecule has 2 heterocycles. The zero-order chi connectivity index (χ0) is 14.1. The number of thiazole rings is 1. The SMILES string of the molecule is CCOC(=O)c1sc(-c2ccc3[nH]ccc3c2)nc1C. The standard InChI is InChI=1S/C15H14N2O2S/c1-3-19-15(18)13-9(2)17-14(20-13)11-4-5-12-10(8-11)6-7-16-12/h4-8,16H,3H2,1-2H3. The van der Waals surface area contributed by atoms with Gasteiger partial charge in [0.1, 0.15) is 9.88 Å². The molecule has 0 atom stereocenters. The van der Waals surface area contributed by atoms with Crippen LogP contribution in [0, 0.1) is 6.92 Å². The van der Waals surface area contributed by atoms with Gasteiger partial charge in [-0.1, -0.05) is 0 Å². The second-order valence-electron chi connectivity index (χ2n) is 4.43. The number of esters is 1. The Morgan fingerprint density at radius 3 is 3.05 bits per heavy atom. The molecule has 0 aliphatic rings. The van der Waals surface area contributed by atoms with Crippen molar-refractivity contribution in [2.75, 3.05) is 6.61 Å². The van der Waals surface area contributed by atoms with Crippen LogP contribution in [0.2, 0.25) is 0 Å². The summed E-state index contributed by atoms with van der Waals surface area (Å²) in [6.07, 6.45) is 1.91. The highest BCUT2D eigenvalue weighted by atomic mass is 32.1. The van der Waals surface area contributed by atoms with E-state index in [1.165, 1.54) is 11.3 Å². The molecule has 0 aliphatic carbocycles. The van der Waals surface area contributed by atoms with Gasteiger partial charge >= 0.3 is 5.97 Å². The van der Waals surface area contributed by atoms with Crippen molar-refractivity contribution in [3.05, 3.63) is 41.0 Å². The average molecular weight is 286 g/mol. The number of carbonyl (C=O) groups excluding carboxylic acids is 1. The van der Waals surface area contributed by atoms with Crippen molar-refractivity contribution in [1.29, 1.82) is 0 Å². The molecule has 2 aromatic heterocycles. The predicted molar refractivity (Wildman–Crippen MR) is 80.1 cm³/mol. The van der Waals surface area contributed by atoms with Crippen LogP contribution in [0.1, 0.15) is 22.3 Å². The van der Waals surface area contributed by atoms with Crippen LogP contribution in [0.4, 0.5) is 0 Å². The number of benzene rings is 1. The number of fused-ring (bicyclic) bond motifs is 1. The normalized spacial score (nSPS) is 10.9. The monoisotopic (exact) mass is 286 g/mol. The van der Waals surface area contributed by atoms with Gasteiger partial charge in [-0.3, -0.25) is 0 Å². The fourth-order valence-corrected chi connectivity index (χ4v) is 3.05. The van der Waals surface area contributed by atoms with Crippen LogP contribution in [0.25, 0.3) is 21.5 Å². The first-order valence-corrected chi connectivity index (χ1v) is 7.22. The number of H-pyrrole nitrogens is 1. The summed E-state index contributed by atoms with van der Waals surface area (Å²) in [6, 6.07) is 8.11. The molecule has 3 rings (SSSR count). The van der Waals surface area contributed by atoms with E-state index in [2.05, 4.69) is 16.0 Å². The Kier molecular flexibility index (Phi) is 3.28. The first kappa shape index (κ1) is 12.9. The lowest BCUT2D eigenvalue weighted by Crippen LogP contribution is -2.03. The number of hydrogen-bond acceptors (Lipinski definition) is 4.